The third kappa shape index (κ3) is 5.08. The molecule has 0 spiro atoms. The minimum Gasteiger partial charge on any atom is -0.492 e. The van der Waals surface area contributed by atoms with E-state index in [9.17, 15) is 8.42 Å². The van der Waals surface area contributed by atoms with Gasteiger partial charge in [-0.1, -0.05) is 24.6 Å². The van der Waals surface area contributed by atoms with E-state index in [0.29, 0.717) is 0 Å². The Balaban J connectivity index is 1.51. The molecule has 0 saturated heterocycles. The van der Waals surface area contributed by atoms with E-state index in [1.807, 2.05) is 6.07 Å². The first-order chi connectivity index (χ1) is 14.9. The van der Waals surface area contributed by atoms with Crippen LogP contribution in [0, 0.1) is 3.57 Å². The molecule has 31 heavy (non-hydrogen) atoms. The van der Waals surface area contributed by atoms with Crippen LogP contribution in [0.4, 0.5) is 0 Å². The molecule has 0 amide bonds. The van der Waals surface area contributed by atoms with Crippen molar-refractivity contribution in [3.05, 3.63) is 62.7 Å². The van der Waals surface area contributed by atoms with Crippen molar-refractivity contribution in [2.45, 2.75) is 37.1 Å². The summed E-state index contributed by atoms with van der Waals surface area (Å²) in [4.78, 5) is 0. The summed E-state index contributed by atoms with van der Waals surface area (Å²) in [6.45, 7) is 0.992. The molecule has 0 radical (unpaired) electrons. The van der Waals surface area contributed by atoms with Crippen LogP contribution < -0.4 is 14.8 Å². The number of halogens is 1. The summed E-state index contributed by atoms with van der Waals surface area (Å²) in [7, 11) is -3.45. The van der Waals surface area contributed by atoms with Gasteiger partial charge < -0.3 is 15.2 Å². The van der Waals surface area contributed by atoms with Crippen molar-refractivity contribution in [1.29, 1.82) is 0 Å². The van der Waals surface area contributed by atoms with Crippen molar-refractivity contribution < 1.29 is 18.3 Å². The summed E-state index contributed by atoms with van der Waals surface area (Å²) in [5, 5.41) is 12.6. The number of sulfonamides is 1. The van der Waals surface area contributed by atoms with Crippen molar-refractivity contribution in [3.63, 3.8) is 0 Å². The second-order valence-electron chi connectivity index (χ2n) is 8.30. The minimum absolute atomic E-state index is 0.109. The number of hydrogen-bond donors (Lipinski definition) is 3. The van der Waals surface area contributed by atoms with Gasteiger partial charge in [0.05, 0.1) is 12.4 Å². The number of nitrogens with one attached hydrogen (secondary N) is 2. The van der Waals surface area contributed by atoms with Crippen LogP contribution in [-0.2, 0) is 21.9 Å². The maximum absolute atomic E-state index is 11.6. The maximum Gasteiger partial charge on any atom is 0.213 e. The first-order valence-electron chi connectivity index (χ1n) is 10.8. The lowest BCUT2D eigenvalue weighted by Gasteiger charge is -2.50. The van der Waals surface area contributed by atoms with Crippen LogP contribution in [-0.4, -0.2) is 45.6 Å². The van der Waals surface area contributed by atoms with Gasteiger partial charge in [0.15, 0.2) is 0 Å². The Hall–Kier alpha value is -1.20. The smallest absolute Gasteiger partial charge is 0.213 e. The molecule has 1 unspecified atom stereocenters. The van der Waals surface area contributed by atoms with Crippen LogP contribution in [0.2, 0.25) is 0 Å². The highest BCUT2D eigenvalue weighted by atomic mass is 127. The second kappa shape index (κ2) is 9.74. The molecule has 1 fully saturated rings. The SMILES string of the molecule is O=S(=O)(CCO)NCCOc1ccc2c(c1)C(C1(c3ccc(I)cc3)CCC1)NCC2. The number of rotatable bonds is 9. The van der Waals surface area contributed by atoms with Crippen molar-refractivity contribution in [2.24, 2.45) is 0 Å². The van der Waals surface area contributed by atoms with E-state index in [1.165, 1.54) is 39.5 Å². The van der Waals surface area contributed by atoms with Crippen LogP contribution in [0.1, 0.15) is 42.0 Å². The highest BCUT2D eigenvalue weighted by molar-refractivity contribution is 14.1. The molecule has 2 aromatic carbocycles. The van der Waals surface area contributed by atoms with Crippen molar-refractivity contribution in [1.82, 2.24) is 10.0 Å². The van der Waals surface area contributed by atoms with Crippen LogP contribution in [0.15, 0.2) is 42.5 Å². The molecule has 1 aliphatic carbocycles. The maximum atomic E-state index is 11.6. The third-order valence-corrected chi connectivity index (χ3v) is 8.52. The number of aliphatic hydroxyl groups excluding tert-OH is 1. The van der Waals surface area contributed by atoms with E-state index in [4.69, 9.17) is 9.84 Å². The first-order valence-corrected chi connectivity index (χ1v) is 13.5. The van der Waals surface area contributed by atoms with Crippen LogP contribution in [0.25, 0.3) is 0 Å². The van der Waals surface area contributed by atoms with Gasteiger partial charge in [0.1, 0.15) is 12.4 Å². The Kier molecular flexibility index (Phi) is 7.22. The lowest BCUT2D eigenvalue weighted by atomic mass is 9.58. The van der Waals surface area contributed by atoms with Crippen LogP contribution in [0.5, 0.6) is 5.75 Å². The summed E-state index contributed by atoms with van der Waals surface area (Å²) in [6.07, 6.45) is 4.57. The average molecular weight is 556 g/mol. The molecule has 0 bridgehead atoms. The molecule has 1 heterocycles. The Labute approximate surface area is 198 Å². The normalized spacial score (nSPS) is 20.0. The predicted octanol–water partition coefficient (Wildman–Crippen LogP) is 2.89. The molecule has 4 rings (SSSR count). The van der Waals surface area contributed by atoms with E-state index in [2.05, 4.69) is 69.0 Å². The molecule has 168 valence electrons. The number of hydrogen-bond acceptors (Lipinski definition) is 5. The predicted molar refractivity (Wildman–Crippen MR) is 130 cm³/mol. The zero-order valence-corrected chi connectivity index (χ0v) is 20.4. The molecule has 8 heteroatoms. The molecule has 1 aliphatic heterocycles. The standard InChI is InChI=1S/C23H29IN2O4S/c24-19-5-3-18(4-6-19)23(9-1-10-23)22-21-16-20(7-2-17(21)8-11-25-22)30-14-12-26-31(28,29)15-13-27/h2-7,16,22,25-27H,1,8-15H2. The Morgan fingerprint density at radius 1 is 1.19 bits per heavy atom. The van der Waals surface area contributed by atoms with Crippen LogP contribution >= 0.6 is 22.6 Å². The fourth-order valence-corrected chi connectivity index (χ4v) is 5.89. The molecule has 2 aliphatic rings. The molecule has 6 nitrogen and oxygen atoms in total. The topological polar surface area (TPSA) is 87.7 Å². The quantitative estimate of drug-likeness (QED) is 0.327. The van der Waals surface area contributed by atoms with E-state index < -0.39 is 16.6 Å². The van der Waals surface area contributed by atoms with Gasteiger partial charge in [-0.2, -0.15) is 0 Å². The summed E-state index contributed by atoms with van der Waals surface area (Å²) in [5.74, 6) is 0.464. The zero-order chi connectivity index (χ0) is 21.9. The van der Waals surface area contributed by atoms with E-state index in [1.54, 1.807) is 0 Å². The van der Waals surface area contributed by atoms with Gasteiger partial charge in [-0.25, -0.2) is 13.1 Å². The van der Waals surface area contributed by atoms with Gasteiger partial charge in [-0.3, -0.25) is 0 Å². The molecule has 1 saturated carbocycles. The largest absolute Gasteiger partial charge is 0.492 e. The summed E-state index contributed by atoms with van der Waals surface area (Å²) in [6, 6.07) is 15.4. The average Bonchev–Trinajstić information content (AvgIpc) is 2.72. The van der Waals surface area contributed by atoms with E-state index in [0.717, 1.165) is 18.7 Å². The second-order valence-corrected chi connectivity index (χ2v) is 11.5. The number of ether oxygens (including phenoxy) is 1. The summed E-state index contributed by atoms with van der Waals surface area (Å²) in [5.41, 5.74) is 4.16. The van der Waals surface area contributed by atoms with Crippen molar-refractivity contribution in [3.8, 4) is 5.75 Å². The Morgan fingerprint density at radius 3 is 2.65 bits per heavy atom. The Bertz CT molecular complexity index is 1010. The van der Waals surface area contributed by atoms with E-state index in [-0.39, 0.29) is 30.4 Å². The highest BCUT2D eigenvalue weighted by Crippen LogP contribution is 2.53. The van der Waals surface area contributed by atoms with Crippen molar-refractivity contribution >= 4 is 32.6 Å². The molecule has 3 N–H and O–H groups in total. The molecular formula is C23H29IN2O4S. The molecular weight excluding hydrogens is 527 g/mol. The fourth-order valence-electron chi connectivity index (χ4n) is 4.76. The molecule has 2 aromatic rings. The lowest BCUT2D eigenvalue weighted by Crippen LogP contribution is -2.49. The van der Waals surface area contributed by atoms with Crippen LogP contribution in [0.3, 0.4) is 0 Å². The molecule has 1 atom stereocenters. The number of fused-ring (bicyclic) bond motifs is 1. The number of benzene rings is 2. The molecule has 0 aromatic heterocycles. The number of aliphatic hydroxyl groups is 1. The van der Waals surface area contributed by atoms with Gasteiger partial charge in [-0.15, -0.1) is 0 Å². The van der Waals surface area contributed by atoms with Crippen molar-refractivity contribution in [2.75, 3.05) is 32.1 Å². The monoisotopic (exact) mass is 556 g/mol. The third-order valence-electron chi connectivity index (χ3n) is 6.44. The fraction of sp³-hybridized carbons (Fsp3) is 0.478. The lowest BCUT2D eigenvalue weighted by molar-refractivity contribution is 0.164. The first kappa shape index (κ1) is 23.0. The van der Waals surface area contributed by atoms with Gasteiger partial charge in [0, 0.05) is 21.6 Å². The summed E-state index contributed by atoms with van der Waals surface area (Å²) >= 11 is 2.35. The van der Waals surface area contributed by atoms with Gasteiger partial charge in [0.2, 0.25) is 10.0 Å². The summed E-state index contributed by atoms with van der Waals surface area (Å²) < 4.78 is 32.8. The Morgan fingerprint density at radius 2 is 1.97 bits per heavy atom. The van der Waals surface area contributed by atoms with Gasteiger partial charge >= 0.3 is 0 Å². The minimum atomic E-state index is -3.45. The van der Waals surface area contributed by atoms with E-state index >= 15 is 0 Å². The van der Waals surface area contributed by atoms with Gasteiger partial charge in [-0.05, 0) is 89.4 Å². The van der Waals surface area contributed by atoms with Gasteiger partial charge in [0.25, 0.3) is 0 Å². The zero-order valence-electron chi connectivity index (χ0n) is 17.4. The highest BCUT2D eigenvalue weighted by Gasteiger charge is 2.47.